The molecule has 0 saturated heterocycles. The second-order valence-electron chi connectivity index (χ2n) is 4.70. The molecule has 0 aliphatic carbocycles. The van der Waals surface area contributed by atoms with Crippen molar-refractivity contribution in [3.63, 3.8) is 0 Å². The highest BCUT2D eigenvalue weighted by atomic mass is 15.1. The van der Waals surface area contributed by atoms with Gasteiger partial charge in [0.05, 0.1) is 6.20 Å². The largest absolute Gasteiger partial charge is 0.313 e. The van der Waals surface area contributed by atoms with Crippen LogP contribution in [-0.4, -0.2) is 16.7 Å². The van der Waals surface area contributed by atoms with Crippen LogP contribution in [0.2, 0.25) is 0 Å². The molecular weight excluding hydrogens is 174 g/mol. The summed E-state index contributed by atoms with van der Waals surface area (Å²) >= 11 is 0. The molecule has 14 heavy (non-hydrogen) atoms. The normalized spacial score (nSPS) is 12.0. The standard InChI is InChI=1S/C11H21N3/c1-5-6-12-7-9-8-13-14-10(9)11(2,3)4/h8,12H,5-7H2,1-4H3,(H,13,14). The minimum absolute atomic E-state index is 0.153. The first-order valence-corrected chi connectivity index (χ1v) is 5.29. The molecule has 0 radical (unpaired) electrons. The van der Waals surface area contributed by atoms with Crippen molar-refractivity contribution in [1.82, 2.24) is 15.5 Å². The first-order chi connectivity index (χ1) is 6.55. The van der Waals surface area contributed by atoms with Crippen molar-refractivity contribution in [3.8, 4) is 0 Å². The highest BCUT2D eigenvalue weighted by Crippen LogP contribution is 2.22. The molecule has 0 unspecified atom stereocenters. The van der Waals surface area contributed by atoms with E-state index in [9.17, 15) is 0 Å². The summed E-state index contributed by atoms with van der Waals surface area (Å²) in [7, 11) is 0. The SMILES string of the molecule is CCCNCc1cn[nH]c1C(C)(C)C. The monoisotopic (exact) mass is 195 g/mol. The minimum atomic E-state index is 0.153. The van der Waals surface area contributed by atoms with Gasteiger partial charge in [-0.25, -0.2) is 0 Å². The molecule has 0 aliphatic heterocycles. The summed E-state index contributed by atoms with van der Waals surface area (Å²) in [6.45, 7) is 10.7. The summed E-state index contributed by atoms with van der Waals surface area (Å²) in [5, 5.41) is 10.6. The third-order valence-electron chi connectivity index (χ3n) is 2.21. The summed E-state index contributed by atoms with van der Waals surface area (Å²) in [6.07, 6.45) is 3.09. The van der Waals surface area contributed by atoms with Gasteiger partial charge in [-0.15, -0.1) is 0 Å². The van der Waals surface area contributed by atoms with Crippen molar-refractivity contribution in [1.29, 1.82) is 0 Å². The van der Waals surface area contributed by atoms with Crippen molar-refractivity contribution in [2.45, 2.75) is 46.1 Å². The Kier molecular flexibility index (Phi) is 3.69. The highest BCUT2D eigenvalue weighted by molar-refractivity contribution is 5.23. The Bertz CT molecular complexity index is 270. The van der Waals surface area contributed by atoms with E-state index in [1.807, 2.05) is 6.20 Å². The van der Waals surface area contributed by atoms with Gasteiger partial charge in [-0.3, -0.25) is 5.10 Å². The summed E-state index contributed by atoms with van der Waals surface area (Å²) in [5.41, 5.74) is 2.67. The number of aromatic amines is 1. The van der Waals surface area contributed by atoms with E-state index in [1.54, 1.807) is 0 Å². The molecule has 1 rings (SSSR count). The van der Waals surface area contributed by atoms with E-state index in [2.05, 4.69) is 43.2 Å². The van der Waals surface area contributed by atoms with Crippen molar-refractivity contribution in [2.24, 2.45) is 0 Å². The topological polar surface area (TPSA) is 40.7 Å². The van der Waals surface area contributed by atoms with Gasteiger partial charge in [0.1, 0.15) is 0 Å². The molecule has 80 valence electrons. The van der Waals surface area contributed by atoms with Gasteiger partial charge in [0.2, 0.25) is 0 Å². The quantitative estimate of drug-likeness (QED) is 0.723. The first-order valence-electron chi connectivity index (χ1n) is 5.29. The van der Waals surface area contributed by atoms with Crippen molar-refractivity contribution < 1.29 is 0 Å². The number of rotatable bonds is 4. The Morgan fingerprint density at radius 1 is 1.43 bits per heavy atom. The number of nitrogens with one attached hydrogen (secondary N) is 2. The van der Waals surface area contributed by atoms with Crippen LogP contribution >= 0.6 is 0 Å². The average molecular weight is 195 g/mol. The predicted molar refractivity (Wildman–Crippen MR) is 59.3 cm³/mol. The molecule has 3 heteroatoms. The molecule has 0 atom stereocenters. The number of hydrogen-bond acceptors (Lipinski definition) is 2. The lowest BCUT2D eigenvalue weighted by Crippen LogP contribution is -2.19. The lowest BCUT2D eigenvalue weighted by molar-refractivity contribution is 0.553. The molecule has 0 spiro atoms. The van der Waals surface area contributed by atoms with E-state index in [0.717, 1.165) is 13.1 Å². The molecule has 0 aliphatic rings. The van der Waals surface area contributed by atoms with Gasteiger partial charge in [-0.05, 0) is 13.0 Å². The lowest BCUT2D eigenvalue weighted by atomic mass is 9.89. The van der Waals surface area contributed by atoms with E-state index < -0.39 is 0 Å². The first kappa shape index (κ1) is 11.2. The molecule has 1 heterocycles. The van der Waals surface area contributed by atoms with E-state index in [1.165, 1.54) is 17.7 Å². The van der Waals surface area contributed by atoms with Crippen molar-refractivity contribution >= 4 is 0 Å². The molecule has 0 amide bonds. The minimum Gasteiger partial charge on any atom is -0.313 e. The molecule has 0 saturated carbocycles. The Hall–Kier alpha value is -0.830. The molecular formula is C11H21N3. The van der Waals surface area contributed by atoms with Gasteiger partial charge in [0.15, 0.2) is 0 Å². The van der Waals surface area contributed by atoms with Gasteiger partial charge >= 0.3 is 0 Å². The zero-order valence-corrected chi connectivity index (χ0v) is 9.65. The highest BCUT2D eigenvalue weighted by Gasteiger charge is 2.19. The van der Waals surface area contributed by atoms with Gasteiger partial charge in [0, 0.05) is 23.2 Å². The fourth-order valence-corrected chi connectivity index (χ4v) is 1.49. The van der Waals surface area contributed by atoms with Crippen LogP contribution in [0, 0.1) is 0 Å². The zero-order valence-electron chi connectivity index (χ0n) is 9.65. The van der Waals surface area contributed by atoms with Crippen molar-refractivity contribution in [2.75, 3.05) is 6.54 Å². The fraction of sp³-hybridized carbons (Fsp3) is 0.727. The summed E-state index contributed by atoms with van der Waals surface area (Å²) in [4.78, 5) is 0. The van der Waals surface area contributed by atoms with Crippen LogP contribution in [0.4, 0.5) is 0 Å². The van der Waals surface area contributed by atoms with Crippen LogP contribution in [0.3, 0.4) is 0 Å². The van der Waals surface area contributed by atoms with E-state index in [-0.39, 0.29) is 5.41 Å². The van der Waals surface area contributed by atoms with Crippen LogP contribution in [0.1, 0.15) is 45.4 Å². The average Bonchev–Trinajstić information content (AvgIpc) is 2.52. The van der Waals surface area contributed by atoms with Crippen LogP contribution < -0.4 is 5.32 Å². The van der Waals surface area contributed by atoms with Crippen LogP contribution in [0.25, 0.3) is 0 Å². The molecule has 0 aromatic carbocycles. The van der Waals surface area contributed by atoms with Crippen LogP contribution in [0.15, 0.2) is 6.20 Å². The third kappa shape index (κ3) is 2.84. The van der Waals surface area contributed by atoms with Crippen LogP contribution in [-0.2, 0) is 12.0 Å². The number of aromatic nitrogens is 2. The Morgan fingerprint density at radius 3 is 2.71 bits per heavy atom. The number of hydrogen-bond donors (Lipinski definition) is 2. The van der Waals surface area contributed by atoms with Gasteiger partial charge in [0.25, 0.3) is 0 Å². The van der Waals surface area contributed by atoms with Gasteiger partial charge < -0.3 is 5.32 Å². The maximum Gasteiger partial charge on any atom is 0.0535 e. The molecule has 3 nitrogen and oxygen atoms in total. The zero-order chi connectivity index (χ0) is 10.6. The second-order valence-corrected chi connectivity index (χ2v) is 4.70. The van der Waals surface area contributed by atoms with E-state index in [4.69, 9.17) is 0 Å². The molecule has 1 aromatic heterocycles. The second kappa shape index (κ2) is 4.60. The van der Waals surface area contributed by atoms with Crippen LogP contribution in [0.5, 0.6) is 0 Å². The number of H-pyrrole nitrogens is 1. The van der Waals surface area contributed by atoms with Gasteiger partial charge in [-0.1, -0.05) is 27.7 Å². The molecule has 1 aromatic rings. The smallest absolute Gasteiger partial charge is 0.0535 e. The van der Waals surface area contributed by atoms with Crippen molar-refractivity contribution in [3.05, 3.63) is 17.5 Å². The Balaban J connectivity index is 2.63. The maximum absolute atomic E-state index is 4.10. The van der Waals surface area contributed by atoms with E-state index in [0.29, 0.717) is 0 Å². The maximum atomic E-state index is 4.10. The molecule has 0 fully saturated rings. The summed E-state index contributed by atoms with van der Waals surface area (Å²) < 4.78 is 0. The predicted octanol–water partition coefficient (Wildman–Crippen LogP) is 2.21. The number of nitrogens with zero attached hydrogens (tertiary/aromatic N) is 1. The third-order valence-corrected chi connectivity index (χ3v) is 2.21. The Morgan fingerprint density at radius 2 is 2.14 bits per heavy atom. The summed E-state index contributed by atoms with van der Waals surface area (Å²) in [5.74, 6) is 0. The summed E-state index contributed by atoms with van der Waals surface area (Å²) in [6, 6.07) is 0. The lowest BCUT2D eigenvalue weighted by Gasteiger charge is -2.18. The van der Waals surface area contributed by atoms with E-state index >= 15 is 0 Å². The Labute approximate surface area is 86.3 Å². The fourth-order valence-electron chi connectivity index (χ4n) is 1.49. The van der Waals surface area contributed by atoms with Gasteiger partial charge in [-0.2, -0.15) is 5.10 Å². The molecule has 0 bridgehead atoms. The molecule has 2 N–H and O–H groups in total.